The largest absolute Gasteiger partial charge is 0.491 e. The Bertz CT molecular complexity index is 656. The molecule has 0 amide bonds. The predicted octanol–water partition coefficient (Wildman–Crippen LogP) is 6.48. The highest BCUT2D eigenvalue weighted by molar-refractivity contribution is 5.33. The van der Waals surface area contributed by atoms with E-state index in [-0.39, 0.29) is 42.8 Å². The minimum atomic E-state index is -2.72. The van der Waals surface area contributed by atoms with E-state index in [4.69, 9.17) is 9.47 Å². The van der Waals surface area contributed by atoms with Gasteiger partial charge in [0, 0.05) is 18.3 Å². The van der Waals surface area contributed by atoms with Gasteiger partial charge in [0.05, 0.1) is 19.3 Å². The van der Waals surface area contributed by atoms with E-state index in [0.29, 0.717) is 19.3 Å². The van der Waals surface area contributed by atoms with Gasteiger partial charge in [0.15, 0.2) is 11.6 Å². The third-order valence-corrected chi connectivity index (χ3v) is 6.26. The molecule has 1 aliphatic heterocycles. The van der Waals surface area contributed by atoms with E-state index in [2.05, 4.69) is 0 Å². The van der Waals surface area contributed by atoms with Crippen LogP contribution in [0.2, 0.25) is 0 Å². The lowest BCUT2D eigenvalue weighted by Gasteiger charge is -2.42. The molecule has 0 bridgehead atoms. The molecule has 1 saturated heterocycles. The summed E-state index contributed by atoms with van der Waals surface area (Å²) < 4.78 is 68.8. The second-order valence-electron chi connectivity index (χ2n) is 8.16. The molecule has 158 valence electrons. The van der Waals surface area contributed by atoms with Gasteiger partial charge in [-0.15, -0.1) is 0 Å². The summed E-state index contributed by atoms with van der Waals surface area (Å²) in [5.41, 5.74) is 0.234. The van der Waals surface area contributed by atoms with Crippen molar-refractivity contribution in [2.75, 3.05) is 13.2 Å². The topological polar surface area (TPSA) is 18.5 Å². The second kappa shape index (κ2) is 9.02. The molecule has 2 fully saturated rings. The van der Waals surface area contributed by atoms with Crippen molar-refractivity contribution in [2.45, 2.75) is 76.7 Å². The maximum Gasteiger partial charge on any atom is 0.253 e. The standard InChI is InChI=1S/C22H30F4O2/c1-3-5-14-6-9-17(22(25,26)12-14)18-10-7-15(13-28-18)16-8-11-19(27-4-2)21(24)20(16)23/h8,11,14-15,17-18H,3-7,9-10,12-13H2,1-2H3. The summed E-state index contributed by atoms with van der Waals surface area (Å²) in [6, 6.07) is 2.94. The van der Waals surface area contributed by atoms with Crippen LogP contribution < -0.4 is 4.74 Å². The Morgan fingerprint density at radius 1 is 1.07 bits per heavy atom. The highest BCUT2D eigenvalue weighted by atomic mass is 19.3. The third kappa shape index (κ3) is 4.47. The second-order valence-corrected chi connectivity index (χ2v) is 8.16. The molecule has 2 nitrogen and oxygen atoms in total. The summed E-state index contributed by atoms with van der Waals surface area (Å²) >= 11 is 0. The van der Waals surface area contributed by atoms with Crippen molar-refractivity contribution in [1.82, 2.24) is 0 Å². The number of hydrogen-bond donors (Lipinski definition) is 0. The summed E-state index contributed by atoms with van der Waals surface area (Å²) in [6.07, 6.45) is 3.44. The van der Waals surface area contributed by atoms with Gasteiger partial charge in [-0.3, -0.25) is 0 Å². The van der Waals surface area contributed by atoms with Crippen molar-refractivity contribution in [1.29, 1.82) is 0 Å². The minimum Gasteiger partial charge on any atom is -0.491 e. The maximum atomic E-state index is 14.7. The molecule has 28 heavy (non-hydrogen) atoms. The van der Waals surface area contributed by atoms with Crippen LogP contribution in [0.15, 0.2) is 12.1 Å². The Kier molecular flexibility index (Phi) is 6.89. The first-order chi connectivity index (χ1) is 13.4. The predicted molar refractivity (Wildman–Crippen MR) is 99.9 cm³/mol. The average molecular weight is 402 g/mol. The van der Waals surface area contributed by atoms with Crippen LogP contribution in [-0.2, 0) is 4.74 Å². The van der Waals surface area contributed by atoms with E-state index < -0.39 is 29.6 Å². The molecular formula is C22H30F4O2. The quantitative estimate of drug-likeness (QED) is 0.507. The van der Waals surface area contributed by atoms with E-state index in [1.165, 1.54) is 12.1 Å². The lowest BCUT2D eigenvalue weighted by molar-refractivity contribution is -0.165. The molecule has 3 rings (SSSR count). The zero-order valence-corrected chi connectivity index (χ0v) is 16.7. The molecule has 4 atom stereocenters. The summed E-state index contributed by atoms with van der Waals surface area (Å²) in [4.78, 5) is 0. The maximum absolute atomic E-state index is 14.7. The van der Waals surface area contributed by atoms with Crippen LogP contribution in [0.25, 0.3) is 0 Å². The fourth-order valence-electron chi connectivity index (χ4n) is 4.84. The van der Waals surface area contributed by atoms with Gasteiger partial charge in [0.25, 0.3) is 5.92 Å². The highest BCUT2D eigenvalue weighted by Gasteiger charge is 2.49. The van der Waals surface area contributed by atoms with Crippen molar-refractivity contribution in [2.24, 2.45) is 11.8 Å². The fraction of sp³-hybridized carbons (Fsp3) is 0.727. The number of halogens is 4. The average Bonchev–Trinajstić information content (AvgIpc) is 2.66. The monoisotopic (exact) mass is 402 g/mol. The Balaban J connectivity index is 1.63. The number of hydrogen-bond acceptors (Lipinski definition) is 2. The molecule has 6 heteroatoms. The van der Waals surface area contributed by atoms with Gasteiger partial charge >= 0.3 is 0 Å². The molecule has 4 unspecified atom stereocenters. The molecular weight excluding hydrogens is 372 g/mol. The normalized spacial score (nSPS) is 30.2. The first-order valence-corrected chi connectivity index (χ1v) is 10.5. The highest BCUT2D eigenvalue weighted by Crippen LogP contribution is 2.47. The van der Waals surface area contributed by atoms with Crippen LogP contribution in [0, 0.1) is 23.5 Å². The SMILES string of the molecule is CCCC1CCC(C2CCC(c3ccc(OCC)c(F)c3F)CO2)C(F)(F)C1. The first kappa shape index (κ1) is 21.4. The molecule has 2 aliphatic rings. The Labute approximate surface area is 164 Å². The van der Waals surface area contributed by atoms with Crippen LogP contribution in [0.5, 0.6) is 5.75 Å². The van der Waals surface area contributed by atoms with Crippen molar-refractivity contribution >= 4 is 0 Å². The van der Waals surface area contributed by atoms with Crippen LogP contribution in [0.1, 0.15) is 70.3 Å². The molecule has 0 radical (unpaired) electrons. The van der Waals surface area contributed by atoms with Crippen molar-refractivity contribution in [3.05, 3.63) is 29.3 Å². The lowest BCUT2D eigenvalue weighted by atomic mass is 9.73. The minimum absolute atomic E-state index is 0.0620. The van der Waals surface area contributed by atoms with Gasteiger partial charge in [0.1, 0.15) is 0 Å². The summed E-state index contributed by atoms with van der Waals surface area (Å²) in [5.74, 6) is -5.76. The zero-order chi connectivity index (χ0) is 20.3. The van der Waals surface area contributed by atoms with Crippen molar-refractivity contribution < 1.29 is 27.0 Å². The van der Waals surface area contributed by atoms with Crippen molar-refractivity contribution in [3.63, 3.8) is 0 Å². The molecule has 1 aromatic rings. The number of rotatable bonds is 6. The third-order valence-electron chi connectivity index (χ3n) is 6.26. The molecule has 1 saturated carbocycles. The van der Waals surface area contributed by atoms with Crippen LogP contribution in [0.4, 0.5) is 17.6 Å². The molecule has 1 aromatic carbocycles. The smallest absolute Gasteiger partial charge is 0.253 e. The molecule has 1 aliphatic carbocycles. The van der Waals surface area contributed by atoms with Gasteiger partial charge in [-0.25, -0.2) is 13.2 Å². The summed E-state index contributed by atoms with van der Waals surface area (Å²) in [6.45, 7) is 4.11. The number of ether oxygens (including phenoxy) is 2. The van der Waals surface area contributed by atoms with Crippen LogP contribution >= 0.6 is 0 Å². The molecule has 0 spiro atoms. The van der Waals surface area contributed by atoms with Gasteiger partial charge < -0.3 is 9.47 Å². The van der Waals surface area contributed by atoms with E-state index in [9.17, 15) is 17.6 Å². The molecule has 0 N–H and O–H groups in total. The lowest BCUT2D eigenvalue weighted by Crippen LogP contribution is -2.45. The van der Waals surface area contributed by atoms with E-state index in [1.54, 1.807) is 6.92 Å². The Morgan fingerprint density at radius 3 is 2.46 bits per heavy atom. The van der Waals surface area contributed by atoms with E-state index in [1.807, 2.05) is 6.92 Å². The van der Waals surface area contributed by atoms with E-state index >= 15 is 0 Å². The van der Waals surface area contributed by atoms with Crippen LogP contribution in [-0.4, -0.2) is 25.2 Å². The van der Waals surface area contributed by atoms with Gasteiger partial charge in [-0.2, -0.15) is 4.39 Å². The van der Waals surface area contributed by atoms with Gasteiger partial charge in [-0.05, 0) is 50.2 Å². The van der Waals surface area contributed by atoms with Crippen molar-refractivity contribution in [3.8, 4) is 5.75 Å². The van der Waals surface area contributed by atoms with Gasteiger partial charge in [-0.1, -0.05) is 25.8 Å². The molecule has 1 heterocycles. The Hall–Kier alpha value is -1.30. The Morgan fingerprint density at radius 2 is 1.86 bits per heavy atom. The van der Waals surface area contributed by atoms with Crippen LogP contribution in [0.3, 0.4) is 0 Å². The number of alkyl halides is 2. The van der Waals surface area contributed by atoms with E-state index in [0.717, 1.165) is 19.3 Å². The molecule has 0 aromatic heterocycles. The first-order valence-electron chi connectivity index (χ1n) is 10.5. The fourth-order valence-corrected chi connectivity index (χ4v) is 4.84. The van der Waals surface area contributed by atoms with Gasteiger partial charge in [0.2, 0.25) is 5.82 Å². The summed E-state index contributed by atoms with van der Waals surface area (Å²) in [5, 5.41) is 0. The summed E-state index contributed by atoms with van der Waals surface area (Å²) in [7, 11) is 0. The zero-order valence-electron chi connectivity index (χ0n) is 16.7. The number of benzene rings is 1.